The van der Waals surface area contributed by atoms with Crippen LogP contribution in [0.1, 0.15) is 58.9 Å². The highest BCUT2D eigenvalue weighted by molar-refractivity contribution is 5.71. The molecule has 3 heterocycles. The van der Waals surface area contributed by atoms with Crippen molar-refractivity contribution in [1.29, 1.82) is 0 Å². The van der Waals surface area contributed by atoms with E-state index in [1.54, 1.807) is 58.2 Å². The number of benzene rings is 1. The summed E-state index contributed by atoms with van der Waals surface area (Å²) in [6.45, 7) is 6.93. The predicted molar refractivity (Wildman–Crippen MR) is 126 cm³/mol. The Morgan fingerprint density at radius 3 is 2.26 bits per heavy atom. The average molecular weight is 485 g/mol. The summed E-state index contributed by atoms with van der Waals surface area (Å²) < 4.78 is 22.9. The van der Waals surface area contributed by atoms with Crippen LogP contribution in [0, 0.1) is 5.41 Å². The molecule has 35 heavy (non-hydrogen) atoms. The molecule has 1 aromatic heterocycles. The molecule has 1 saturated carbocycles. The molecule has 0 unspecified atom stereocenters. The quantitative estimate of drug-likeness (QED) is 0.624. The molecule has 3 aliphatic rings. The molecule has 0 radical (unpaired) electrons. The van der Waals surface area contributed by atoms with Gasteiger partial charge in [-0.1, -0.05) is 6.92 Å². The van der Waals surface area contributed by atoms with Crippen molar-refractivity contribution in [3.8, 4) is 22.8 Å². The largest absolute Gasteiger partial charge is 0.497 e. The van der Waals surface area contributed by atoms with E-state index in [1.807, 2.05) is 6.92 Å². The Balaban J connectivity index is 1.63. The van der Waals surface area contributed by atoms with Crippen molar-refractivity contribution < 1.29 is 33.6 Å². The van der Waals surface area contributed by atoms with Gasteiger partial charge in [-0.3, -0.25) is 4.79 Å². The molecule has 0 spiro atoms. The molecule has 2 fully saturated rings. The van der Waals surface area contributed by atoms with Crippen LogP contribution in [-0.4, -0.2) is 45.7 Å². The maximum Gasteiger partial charge on any atom is 0.343 e. The van der Waals surface area contributed by atoms with Crippen LogP contribution in [0.3, 0.4) is 0 Å². The highest BCUT2D eigenvalue weighted by Gasteiger charge is 2.76. The fraction of sp³-hybridized carbons (Fsp3) is 0.556. The number of fused-ring (bicyclic) bond motifs is 4. The van der Waals surface area contributed by atoms with E-state index in [0.29, 0.717) is 29.2 Å². The number of methoxy groups -OCH3 is 1. The molecule has 8 heteroatoms. The molecule has 1 aromatic carbocycles. The summed E-state index contributed by atoms with van der Waals surface area (Å²) >= 11 is 0. The van der Waals surface area contributed by atoms with Crippen LogP contribution in [0.4, 0.5) is 0 Å². The minimum atomic E-state index is -1.67. The lowest BCUT2D eigenvalue weighted by Crippen LogP contribution is -2.80. The molecule has 2 N–H and O–H groups in total. The van der Waals surface area contributed by atoms with Crippen molar-refractivity contribution in [2.75, 3.05) is 7.11 Å². The fourth-order valence-electron chi connectivity index (χ4n) is 6.64. The number of esters is 1. The van der Waals surface area contributed by atoms with E-state index in [1.165, 1.54) is 0 Å². The van der Waals surface area contributed by atoms with E-state index in [0.717, 1.165) is 0 Å². The molecule has 1 saturated heterocycles. The molecular weight excluding hydrogens is 452 g/mol. The molecule has 188 valence electrons. The average Bonchev–Trinajstić information content (AvgIpc) is 2.87. The van der Waals surface area contributed by atoms with Crippen molar-refractivity contribution in [1.82, 2.24) is 0 Å². The molecule has 2 aliphatic heterocycles. The van der Waals surface area contributed by atoms with Gasteiger partial charge in [0, 0.05) is 29.9 Å². The van der Waals surface area contributed by atoms with Gasteiger partial charge in [-0.25, -0.2) is 4.79 Å². The number of rotatable bonds is 2. The first kappa shape index (κ1) is 23.9. The van der Waals surface area contributed by atoms with Crippen LogP contribution in [-0.2, 0) is 16.0 Å². The first-order chi connectivity index (χ1) is 16.3. The lowest BCUT2D eigenvalue weighted by atomic mass is 9.45. The summed E-state index contributed by atoms with van der Waals surface area (Å²) in [4.78, 5) is 25.6. The topological polar surface area (TPSA) is 115 Å². The minimum Gasteiger partial charge on any atom is -0.497 e. The Morgan fingerprint density at radius 2 is 1.60 bits per heavy atom. The molecule has 2 aromatic rings. The summed E-state index contributed by atoms with van der Waals surface area (Å²) in [5, 5.41) is 24.4. The predicted octanol–water partition coefficient (Wildman–Crippen LogP) is 3.39. The van der Waals surface area contributed by atoms with Gasteiger partial charge in [0.05, 0.1) is 12.7 Å². The molecule has 8 nitrogen and oxygen atoms in total. The molecule has 4 atom stereocenters. The zero-order chi connectivity index (χ0) is 25.4. The van der Waals surface area contributed by atoms with Gasteiger partial charge in [-0.2, -0.15) is 0 Å². The molecule has 0 amide bonds. The van der Waals surface area contributed by atoms with E-state index < -0.39 is 39.4 Å². The Hall–Kier alpha value is -2.84. The highest BCUT2D eigenvalue weighted by atomic mass is 16.6. The first-order valence-corrected chi connectivity index (χ1v) is 12.0. The van der Waals surface area contributed by atoms with Gasteiger partial charge in [-0.05, 0) is 64.3 Å². The van der Waals surface area contributed by atoms with Gasteiger partial charge < -0.3 is 28.8 Å². The number of aliphatic hydroxyl groups is 2. The SMILES string of the molecule is COc1ccc(-c2cc3c(c(=O)o2)C[C@]2(O)[C@@]4(C)CCC(=O)OC(C)(C)[C@]4(O)CC[C@@]2(C)O3)cc1. The van der Waals surface area contributed by atoms with Crippen LogP contribution < -0.4 is 15.1 Å². The van der Waals surface area contributed by atoms with Crippen LogP contribution in [0.5, 0.6) is 11.5 Å². The van der Waals surface area contributed by atoms with Gasteiger partial charge in [0.25, 0.3) is 0 Å². The maximum atomic E-state index is 13.2. The smallest absolute Gasteiger partial charge is 0.343 e. The Kier molecular flexibility index (Phi) is 5.01. The van der Waals surface area contributed by atoms with Crippen LogP contribution in [0.25, 0.3) is 11.3 Å². The molecule has 5 rings (SSSR count). The summed E-state index contributed by atoms with van der Waals surface area (Å²) in [6, 6.07) is 8.80. The summed E-state index contributed by atoms with van der Waals surface area (Å²) in [7, 11) is 1.58. The Morgan fingerprint density at radius 1 is 0.914 bits per heavy atom. The van der Waals surface area contributed by atoms with Crippen molar-refractivity contribution in [2.24, 2.45) is 5.41 Å². The van der Waals surface area contributed by atoms with Crippen molar-refractivity contribution in [2.45, 2.75) is 82.2 Å². The van der Waals surface area contributed by atoms with Gasteiger partial charge in [0.1, 0.15) is 39.7 Å². The third-order valence-electron chi connectivity index (χ3n) is 9.01. The van der Waals surface area contributed by atoms with Gasteiger partial charge in [0.2, 0.25) is 0 Å². The standard InChI is InChI=1S/C27H32O8/c1-23(2)26(30)13-12-25(4)27(31,24(26,3)11-10-21(28)35-23)15-18-20(34-25)14-19(33-22(18)29)16-6-8-17(32-5)9-7-16/h6-9,14,30-31H,10-13,15H2,1-5H3/t24-,25+,26+,27-/m0/s1. The van der Waals surface area contributed by atoms with E-state index in [9.17, 15) is 19.8 Å². The van der Waals surface area contributed by atoms with E-state index >= 15 is 0 Å². The van der Waals surface area contributed by atoms with Crippen molar-refractivity contribution >= 4 is 5.97 Å². The third kappa shape index (κ3) is 3.05. The highest BCUT2D eigenvalue weighted by Crippen LogP contribution is 2.64. The second-order valence-corrected chi connectivity index (χ2v) is 11.0. The normalized spacial score (nSPS) is 35.5. The number of carbonyl (C=O) groups is 1. The number of carbonyl (C=O) groups excluding carboxylic acids is 1. The molecular formula is C27H32O8. The third-order valence-corrected chi connectivity index (χ3v) is 9.01. The van der Waals surface area contributed by atoms with E-state index in [4.69, 9.17) is 18.6 Å². The van der Waals surface area contributed by atoms with Crippen LogP contribution in [0.2, 0.25) is 0 Å². The van der Waals surface area contributed by atoms with Gasteiger partial charge in [-0.15, -0.1) is 0 Å². The number of ether oxygens (including phenoxy) is 3. The van der Waals surface area contributed by atoms with Crippen molar-refractivity contribution in [3.63, 3.8) is 0 Å². The van der Waals surface area contributed by atoms with E-state index in [-0.39, 0.29) is 31.2 Å². The first-order valence-electron chi connectivity index (χ1n) is 12.0. The van der Waals surface area contributed by atoms with Gasteiger partial charge >= 0.3 is 11.6 Å². The minimum absolute atomic E-state index is 0.0402. The number of hydrogen-bond acceptors (Lipinski definition) is 8. The zero-order valence-corrected chi connectivity index (χ0v) is 20.8. The molecule has 0 bridgehead atoms. The van der Waals surface area contributed by atoms with Crippen molar-refractivity contribution in [3.05, 3.63) is 46.3 Å². The summed E-state index contributed by atoms with van der Waals surface area (Å²) in [5.41, 5.74) is -6.48. The summed E-state index contributed by atoms with van der Waals surface area (Å²) in [6.07, 6.45) is 0.705. The Bertz CT molecular complexity index is 1250. The van der Waals surface area contributed by atoms with Crippen LogP contribution in [0.15, 0.2) is 39.5 Å². The summed E-state index contributed by atoms with van der Waals surface area (Å²) in [5.74, 6) is 0.955. The lowest BCUT2D eigenvalue weighted by molar-refractivity contribution is -0.321. The second-order valence-electron chi connectivity index (χ2n) is 11.0. The molecule has 1 aliphatic carbocycles. The number of cyclic esters (lactones) is 1. The van der Waals surface area contributed by atoms with E-state index in [2.05, 4.69) is 0 Å². The monoisotopic (exact) mass is 484 g/mol. The number of hydrogen-bond donors (Lipinski definition) is 2. The maximum absolute atomic E-state index is 13.2. The van der Waals surface area contributed by atoms with Crippen LogP contribution >= 0.6 is 0 Å². The van der Waals surface area contributed by atoms with Gasteiger partial charge in [0.15, 0.2) is 0 Å². The zero-order valence-electron chi connectivity index (χ0n) is 20.8. The lowest BCUT2D eigenvalue weighted by Gasteiger charge is -2.67. The Labute approximate surface area is 203 Å². The second kappa shape index (κ2) is 7.34. The fourth-order valence-corrected chi connectivity index (χ4v) is 6.64.